The second-order valence-corrected chi connectivity index (χ2v) is 5.69. The maximum absolute atomic E-state index is 11.8. The molecule has 0 saturated carbocycles. The number of hydrogen-bond acceptors (Lipinski definition) is 8. The zero-order valence-corrected chi connectivity index (χ0v) is 14.7. The van der Waals surface area contributed by atoms with E-state index in [0.717, 1.165) is 0 Å². The van der Waals surface area contributed by atoms with Gasteiger partial charge in [-0.2, -0.15) is 0 Å². The van der Waals surface area contributed by atoms with E-state index >= 15 is 0 Å². The number of esters is 1. The molecule has 8 nitrogen and oxygen atoms in total. The van der Waals surface area contributed by atoms with E-state index in [-0.39, 0.29) is 5.75 Å². The Morgan fingerprint density at radius 1 is 1.28 bits per heavy atom. The van der Waals surface area contributed by atoms with Crippen LogP contribution in [0.25, 0.3) is 0 Å². The lowest BCUT2D eigenvalue weighted by molar-refractivity contribution is -0.145. The minimum absolute atomic E-state index is 0.0419. The van der Waals surface area contributed by atoms with Gasteiger partial charge in [-0.05, 0) is 19.1 Å². The molecule has 138 valence electrons. The number of phenolic OH excluding ortho intramolecular Hbond substituents is 1. The number of nitrogens with zero attached hydrogens (tertiary/aromatic N) is 1. The number of benzene rings is 1. The zero-order chi connectivity index (χ0) is 18.3. The highest BCUT2D eigenvalue weighted by Gasteiger charge is 2.39. The number of methoxy groups -OCH3 is 2. The van der Waals surface area contributed by atoms with Crippen molar-refractivity contribution in [2.75, 3.05) is 47.2 Å². The maximum atomic E-state index is 11.8. The Morgan fingerprint density at radius 2 is 2.04 bits per heavy atom. The molecule has 0 fully saturated rings. The number of rotatable bonds is 9. The van der Waals surface area contributed by atoms with Gasteiger partial charge in [-0.15, -0.1) is 0 Å². The third-order valence-electron chi connectivity index (χ3n) is 3.75. The monoisotopic (exact) mass is 352 g/mol. The Balaban J connectivity index is 2.03. The Bertz CT molecular complexity index is 634. The van der Waals surface area contributed by atoms with Crippen molar-refractivity contribution in [3.05, 3.63) is 23.8 Å². The Morgan fingerprint density at radius 3 is 2.76 bits per heavy atom. The summed E-state index contributed by atoms with van der Waals surface area (Å²) in [5.74, 6) is 0.270. The van der Waals surface area contributed by atoms with Gasteiger partial charge in [-0.1, -0.05) is 6.07 Å². The lowest BCUT2D eigenvalue weighted by atomic mass is 10.1. The standard InChI is InChI=1S/C17H24N2O6/c1-17(16(21)23-3)11-18-15(19-17)12-5-4-6-13(14(12)20)25-10-9-24-8-7-22-2/h4-6,20H,7-11H2,1-3H3,(H,18,19). The van der Waals surface area contributed by atoms with Gasteiger partial charge in [-0.3, -0.25) is 0 Å². The summed E-state index contributed by atoms with van der Waals surface area (Å²) in [6.45, 7) is 3.65. The number of aliphatic imine (C=N–C) groups is 1. The highest BCUT2D eigenvalue weighted by molar-refractivity contribution is 6.05. The minimum Gasteiger partial charge on any atom is -0.504 e. The third-order valence-corrected chi connectivity index (χ3v) is 3.75. The predicted molar refractivity (Wildman–Crippen MR) is 91.3 cm³/mol. The van der Waals surface area contributed by atoms with Crippen LogP contribution in [0.4, 0.5) is 0 Å². The van der Waals surface area contributed by atoms with Crippen LogP contribution in [-0.2, 0) is 19.0 Å². The molecule has 0 amide bonds. The molecule has 8 heteroatoms. The first-order chi connectivity index (χ1) is 12.0. The first kappa shape index (κ1) is 19.0. The summed E-state index contributed by atoms with van der Waals surface area (Å²) in [4.78, 5) is 16.2. The van der Waals surface area contributed by atoms with E-state index in [4.69, 9.17) is 18.9 Å². The van der Waals surface area contributed by atoms with Gasteiger partial charge in [0.15, 0.2) is 17.0 Å². The SMILES string of the molecule is COCCOCCOc1cccc(C2=NC(C)(C(=O)OC)CN2)c1O. The highest BCUT2D eigenvalue weighted by Crippen LogP contribution is 2.31. The van der Waals surface area contributed by atoms with Crippen LogP contribution in [0.3, 0.4) is 0 Å². The summed E-state index contributed by atoms with van der Waals surface area (Å²) in [6.07, 6.45) is 0. The van der Waals surface area contributed by atoms with Gasteiger partial charge in [0.1, 0.15) is 12.4 Å². The molecule has 1 aromatic rings. The van der Waals surface area contributed by atoms with E-state index in [2.05, 4.69) is 10.3 Å². The molecule has 0 radical (unpaired) electrons. The summed E-state index contributed by atoms with van der Waals surface area (Å²) in [6, 6.07) is 5.10. The van der Waals surface area contributed by atoms with E-state index < -0.39 is 11.5 Å². The smallest absolute Gasteiger partial charge is 0.335 e. The van der Waals surface area contributed by atoms with Crippen LogP contribution >= 0.6 is 0 Å². The number of aromatic hydroxyl groups is 1. The van der Waals surface area contributed by atoms with E-state index in [9.17, 15) is 9.90 Å². The maximum Gasteiger partial charge on any atom is 0.335 e. The molecule has 0 saturated heterocycles. The molecular weight excluding hydrogens is 328 g/mol. The van der Waals surface area contributed by atoms with Crippen molar-refractivity contribution in [3.8, 4) is 11.5 Å². The number of phenols is 1. The van der Waals surface area contributed by atoms with Crippen LogP contribution in [0.2, 0.25) is 0 Å². The van der Waals surface area contributed by atoms with Gasteiger partial charge >= 0.3 is 5.97 Å². The first-order valence-corrected chi connectivity index (χ1v) is 7.96. The molecule has 1 aliphatic rings. The van der Waals surface area contributed by atoms with Crippen LogP contribution in [0.1, 0.15) is 12.5 Å². The topological polar surface area (TPSA) is 98.6 Å². The molecule has 2 N–H and O–H groups in total. The van der Waals surface area contributed by atoms with Crippen molar-refractivity contribution in [2.24, 2.45) is 4.99 Å². The van der Waals surface area contributed by atoms with Crippen molar-refractivity contribution in [1.29, 1.82) is 0 Å². The van der Waals surface area contributed by atoms with Crippen LogP contribution in [0, 0.1) is 0 Å². The fourth-order valence-corrected chi connectivity index (χ4v) is 2.36. The molecule has 1 aromatic carbocycles. The highest BCUT2D eigenvalue weighted by atomic mass is 16.5. The molecule has 1 unspecified atom stereocenters. The summed E-state index contributed by atoms with van der Waals surface area (Å²) in [5, 5.41) is 13.5. The molecule has 0 bridgehead atoms. The number of ether oxygens (including phenoxy) is 4. The Hall–Kier alpha value is -2.32. The molecule has 1 heterocycles. The molecule has 0 spiro atoms. The number of para-hydroxylation sites is 1. The lowest BCUT2D eigenvalue weighted by Gasteiger charge is -2.15. The van der Waals surface area contributed by atoms with Crippen molar-refractivity contribution < 1.29 is 28.8 Å². The van der Waals surface area contributed by atoms with Crippen molar-refractivity contribution in [1.82, 2.24) is 5.32 Å². The van der Waals surface area contributed by atoms with Gasteiger partial charge in [0.25, 0.3) is 0 Å². The molecular formula is C17H24N2O6. The van der Waals surface area contributed by atoms with E-state index in [1.54, 1.807) is 32.2 Å². The number of nitrogens with one attached hydrogen (secondary N) is 1. The van der Waals surface area contributed by atoms with Crippen LogP contribution in [0.5, 0.6) is 11.5 Å². The zero-order valence-electron chi connectivity index (χ0n) is 14.7. The molecule has 2 rings (SSSR count). The van der Waals surface area contributed by atoms with Crippen molar-refractivity contribution in [3.63, 3.8) is 0 Å². The van der Waals surface area contributed by atoms with E-state index in [0.29, 0.717) is 50.1 Å². The predicted octanol–water partition coefficient (Wildman–Crippen LogP) is 0.716. The quantitative estimate of drug-likeness (QED) is 0.499. The fraction of sp³-hybridized carbons (Fsp3) is 0.529. The number of carbonyl (C=O) groups is 1. The van der Waals surface area contributed by atoms with E-state index in [1.807, 2.05) is 0 Å². The Kier molecular flexibility index (Phi) is 6.60. The van der Waals surface area contributed by atoms with Crippen LogP contribution < -0.4 is 10.1 Å². The minimum atomic E-state index is -1.01. The fourth-order valence-electron chi connectivity index (χ4n) is 2.36. The van der Waals surface area contributed by atoms with Gasteiger partial charge in [0.05, 0.1) is 39.0 Å². The van der Waals surface area contributed by atoms with Crippen molar-refractivity contribution in [2.45, 2.75) is 12.5 Å². The van der Waals surface area contributed by atoms with Gasteiger partial charge in [0.2, 0.25) is 0 Å². The molecule has 25 heavy (non-hydrogen) atoms. The van der Waals surface area contributed by atoms with E-state index in [1.165, 1.54) is 7.11 Å². The third kappa shape index (κ3) is 4.61. The van der Waals surface area contributed by atoms with Crippen LogP contribution in [-0.4, -0.2) is 69.6 Å². The average Bonchev–Trinajstić information content (AvgIpc) is 3.02. The van der Waals surface area contributed by atoms with Gasteiger partial charge in [-0.25, -0.2) is 9.79 Å². The summed E-state index contributed by atoms with van der Waals surface area (Å²) >= 11 is 0. The second-order valence-electron chi connectivity index (χ2n) is 5.69. The summed E-state index contributed by atoms with van der Waals surface area (Å²) in [7, 11) is 2.93. The molecule has 1 aliphatic heterocycles. The second kappa shape index (κ2) is 8.68. The average molecular weight is 352 g/mol. The van der Waals surface area contributed by atoms with Gasteiger partial charge < -0.3 is 29.4 Å². The lowest BCUT2D eigenvalue weighted by Crippen LogP contribution is -2.38. The van der Waals surface area contributed by atoms with Crippen molar-refractivity contribution >= 4 is 11.8 Å². The summed E-state index contributed by atoms with van der Waals surface area (Å²) < 4.78 is 20.5. The number of carbonyl (C=O) groups excluding carboxylic acids is 1. The molecule has 0 aliphatic carbocycles. The molecule has 0 aromatic heterocycles. The first-order valence-electron chi connectivity index (χ1n) is 7.96. The summed E-state index contributed by atoms with van der Waals surface area (Å²) in [5.41, 5.74) is -0.548. The Labute approximate surface area is 146 Å². The number of hydrogen-bond donors (Lipinski definition) is 2. The van der Waals surface area contributed by atoms with Crippen LogP contribution in [0.15, 0.2) is 23.2 Å². The molecule has 1 atom stereocenters. The normalized spacial score (nSPS) is 19.2. The largest absolute Gasteiger partial charge is 0.504 e. The number of amidine groups is 1. The van der Waals surface area contributed by atoms with Gasteiger partial charge in [0, 0.05) is 7.11 Å².